The minimum Gasteiger partial charge on any atom is -0.378 e. The first kappa shape index (κ1) is 13.8. The van der Waals surface area contributed by atoms with E-state index in [9.17, 15) is 4.79 Å². The molecule has 2 aliphatic rings. The van der Waals surface area contributed by atoms with Gasteiger partial charge in [0.1, 0.15) is 0 Å². The highest BCUT2D eigenvalue weighted by Crippen LogP contribution is 2.38. The third-order valence-electron chi connectivity index (χ3n) is 3.93. The summed E-state index contributed by atoms with van der Waals surface area (Å²) in [6.45, 7) is 2.81. The summed E-state index contributed by atoms with van der Waals surface area (Å²) in [7, 11) is 0. The fraction of sp³-hybridized carbons (Fsp3) is 0.714. The smallest absolute Gasteiger partial charge is 0.321 e. The van der Waals surface area contributed by atoms with E-state index in [0.717, 1.165) is 37.5 Å². The summed E-state index contributed by atoms with van der Waals surface area (Å²) in [5.41, 5.74) is 1.02. The lowest BCUT2D eigenvalue weighted by Gasteiger charge is -2.30. The number of nitrogens with zero attached hydrogens (tertiary/aromatic N) is 1. The van der Waals surface area contributed by atoms with E-state index in [1.165, 1.54) is 24.2 Å². The normalized spacial score (nSPS) is 26.2. The SMILES string of the molecule is CCc1csc(NC(=O)N[C@@H]2CCO[C@@H](C3CC3)C2)n1. The molecule has 110 valence electrons. The van der Waals surface area contributed by atoms with Crippen LogP contribution in [-0.2, 0) is 11.2 Å². The van der Waals surface area contributed by atoms with Crippen molar-refractivity contribution in [3.8, 4) is 0 Å². The van der Waals surface area contributed by atoms with Crippen LogP contribution in [-0.4, -0.2) is 29.8 Å². The van der Waals surface area contributed by atoms with E-state index < -0.39 is 0 Å². The molecule has 0 bridgehead atoms. The average Bonchev–Trinajstić information content (AvgIpc) is 3.20. The lowest BCUT2D eigenvalue weighted by Crippen LogP contribution is -2.44. The zero-order valence-corrected chi connectivity index (χ0v) is 12.5. The highest BCUT2D eigenvalue weighted by molar-refractivity contribution is 7.13. The zero-order valence-electron chi connectivity index (χ0n) is 11.7. The molecule has 1 saturated carbocycles. The van der Waals surface area contributed by atoms with Crippen molar-refractivity contribution in [2.45, 2.75) is 51.2 Å². The topological polar surface area (TPSA) is 63.2 Å². The molecule has 0 unspecified atom stereocenters. The van der Waals surface area contributed by atoms with Gasteiger partial charge in [-0.25, -0.2) is 9.78 Å². The minimum atomic E-state index is -0.150. The van der Waals surface area contributed by atoms with Crippen molar-refractivity contribution in [3.63, 3.8) is 0 Å². The third kappa shape index (κ3) is 3.49. The number of nitrogens with one attached hydrogen (secondary N) is 2. The number of carbonyl (C=O) groups excluding carboxylic acids is 1. The molecule has 0 spiro atoms. The molecule has 20 heavy (non-hydrogen) atoms. The molecule has 1 aromatic rings. The number of amides is 2. The maximum Gasteiger partial charge on any atom is 0.321 e. The molecule has 2 fully saturated rings. The number of ether oxygens (including phenoxy) is 1. The molecule has 2 amide bonds. The van der Waals surface area contributed by atoms with Crippen LogP contribution >= 0.6 is 11.3 Å². The predicted molar refractivity (Wildman–Crippen MR) is 79.1 cm³/mol. The van der Waals surface area contributed by atoms with Gasteiger partial charge in [-0.2, -0.15) is 0 Å². The number of thiazole rings is 1. The van der Waals surface area contributed by atoms with Gasteiger partial charge in [0.15, 0.2) is 5.13 Å². The van der Waals surface area contributed by atoms with E-state index in [4.69, 9.17) is 4.74 Å². The van der Waals surface area contributed by atoms with Crippen molar-refractivity contribution >= 4 is 22.5 Å². The Balaban J connectivity index is 1.47. The van der Waals surface area contributed by atoms with Gasteiger partial charge < -0.3 is 10.1 Å². The van der Waals surface area contributed by atoms with Crippen molar-refractivity contribution in [1.29, 1.82) is 0 Å². The lowest BCUT2D eigenvalue weighted by molar-refractivity contribution is -0.00889. The number of carbonyl (C=O) groups is 1. The van der Waals surface area contributed by atoms with Gasteiger partial charge in [-0.3, -0.25) is 5.32 Å². The Bertz CT molecular complexity index is 473. The van der Waals surface area contributed by atoms with Crippen molar-refractivity contribution in [2.75, 3.05) is 11.9 Å². The number of rotatable bonds is 4. The Morgan fingerprint density at radius 3 is 3.05 bits per heavy atom. The molecule has 2 heterocycles. The van der Waals surface area contributed by atoms with Crippen molar-refractivity contribution in [2.24, 2.45) is 5.92 Å². The van der Waals surface area contributed by atoms with Gasteiger partial charge in [-0.1, -0.05) is 6.92 Å². The monoisotopic (exact) mass is 295 g/mol. The summed E-state index contributed by atoms with van der Waals surface area (Å²) in [6.07, 6.45) is 5.64. The van der Waals surface area contributed by atoms with Gasteiger partial charge in [0.25, 0.3) is 0 Å². The number of anilines is 1. The standard InChI is InChI=1S/C14H21N3O2S/c1-2-10-8-20-14(16-10)17-13(18)15-11-5-6-19-12(7-11)9-3-4-9/h8-9,11-12H,2-7H2,1H3,(H2,15,16,17,18)/t11-,12-/m1/s1. The number of aromatic nitrogens is 1. The summed E-state index contributed by atoms with van der Waals surface area (Å²) in [6, 6.07) is 0.0726. The Morgan fingerprint density at radius 2 is 2.35 bits per heavy atom. The van der Waals surface area contributed by atoms with Gasteiger partial charge >= 0.3 is 6.03 Å². The second kappa shape index (κ2) is 6.10. The maximum atomic E-state index is 12.0. The summed E-state index contributed by atoms with van der Waals surface area (Å²) >= 11 is 1.47. The molecule has 1 aromatic heterocycles. The zero-order chi connectivity index (χ0) is 13.9. The summed E-state index contributed by atoms with van der Waals surface area (Å²) in [4.78, 5) is 16.3. The molecule has 1 saturated heterocycles. The second-order valence-electron chi connectivity index (χ2n) is 5.56. The molecule has 0 aromatic carbocycles. The van der Waals surface area contributed by atoms with Crippen LogP contribution in [0, 0.1) is 5.92 Å². The molecule has 2 atom stereocenters. The molecule has 3 rings (SSSR count). The van der Waals surface area contributed by atoms with Crippen LogP contribution in [0.5, 0.6) is 0 Å². The molecule has 2 N–H and O–H groups in total. The first-order chi connectivity index (χ1) is 9.74. The van der Waals surface area contributed by atoms with Gasteiger partial charge in [0, 0.05) is 18.0 Å². The Labute approximate surface area is 123 Å². The van der Waals surface area contributed by atoms with Gasteiger partial charge in [0.05, 0.1) is 11.8 Å². The van der Waals surface area contributed by atoms with E-state index in [1.807, 2.05) is 5.38 Å². The predicted octanol–water partition coefficient (Wildman–Crippen LogP) is 2.78. The van der Waals surface area contributed by atoms with Crippen molar-refractivity contribution in [1.82, 2.24) is 10.3 Å². The average molecular weight is 295 g/mol. The highest BCUT2D eigenvalue weighted by Gasteiger charge is 2.36. The maximum absolute atomic E-state index is 12.0. The lowest BCUT2D eigenvalue weighted by atomic mass is 10.0. The Hall–Kier alpha value is -1.14. The molecular weight excluding hydrogens is 274 g/mol. The van der Waals surface area contributed by atoms with Crippen LogP contribution in [0.1, 0.15) is 38.3 Å². The van der Waals surface area contributed by atoms with E-state index in [2.05, 4.69) is 22.5 Å². The number of hydrogen-bond donors (Lipinski definition) is 2. The van der Waals surface area contributed by atoms with E-state index in [-0.39, 0.29) is 12.1 Å². The quantitative estimate of drug-likeness (QED) is 0.898. The third-order valence-corrected chi connectivity index (χ3v) is 4.74. The molecule has 0 radical (unpaired) electrons. The number of hydrogen-bond acceptors (Lipinski definition) is 4. The molecule has 6 heteroatoms. The number of urea groups is 1. The van der Waals surface area contributed by atoms with Crippen LogP contribution < -0.4 is 10.6 Å². The first-order valence-corrected chi connectivity index (χ1v) is 8.26. The van der Waals surface area contributed by atoms with Crippen LogP contribution in [0.15, 0.2) is 5.38 Å². The molecule has 1 aliphatic carbocycles. The molecule has 1 aliphatic heterocycles. The van der Waals surface area contributed by atoms with Gasteiger partial charge in [-0.15, -0.1) is 11.3 Å². The van der Waals surface area contributed by atoms with Crippen molar-refractivity contribution < 1.29 is 9.53 Å². The minimum absolute atomic E-state index is 0.150. The van der Waals surface area contributed by atoms with E-state index in [1.54, 1.807) is 0 Å². The van der Waals surface area contributed by atoms with Crippen molar-refractivity contribution in [3.05, 3.63) is 11.1 Å². The highest BCUT2D eigenvalue weighted by atomic mass is 32.1. The van der Waals surface area contributed by atoms with Crippen LogP contribution in [0.4, 0.5) is 9.93 Å². The Kier molecular flexibility index (Phi) is 4.21. The Morgan fingerprint density at radius 1 is 1.50 bits per heavy atom. The molecular formula is C14H21N3O2S. The fourth-order valence-corrected chi connectivity index (χ4v) is 3.39. The summed E-state index contributed by atoms with van der Waals surface area (Å²) < 4.78 is 5.77. The first-order valence-electron chi connectivity index (χ1n) is 7.38. The van der Waals surface area contributed by atoms with Gasteiger partial charge in [-0.05, 0) is 38.0 Å². The van der Waals surface area contributed by atoms with E-state index >= 15 is 0 Å². The number of aryl methyl sites for hydroxylation is 1. The van der Waals surface area contributed by atoms with Crippen LogP contribution in [0.25, 0.3) is 0 Å². The summed E-state index contributed by atoms with van der Waals surface area (Å²) in [5.74, 6) is 0.730. The van der Waals surface area contributed by atoms with Crippen LogP contribution in [0.3, 0.4) is 0 Å². The fourth-order valence-electron chi connectivity index (χ4n) is 2.60. The van der Waals surface area contributed by atoms with E-state index in [0.29, 0.717) is 11.2 Å². The van der Waals surface area contributed by atoms with Gasteiger partial charge in [0.2, 0.25) is 0 Å². The second-order valence-corrected chi connectivity index (χ2v) is 6.42. The molecule has 5 nitrogen and oxygen atoms in total. The summed E-state index contributed by atoms with van der Waals surface area (Å²) in [5, 5.41) is 8.51. The largest absolute Gasteiger partial charge is 0.378 e. The van der Waals surface area contributed by atoms with Crippen LogP contribution in [0.2, 0.25) is 0 Å².